The molecule has 1 heterocycles. The number of para-hydroxylation sites is 1. The molecule has 39 heavy (non-hydrogen) atoms. The molecule has 1 fully saturated rings. The lowest BCUT2D eigenvalue weighted by Gasteiger charge is -2.45. The van der Waals surface area contributed by atoms with Crippen molar-refractivity contribution in [2.45, 2.75) is 11.8 Å². The second-order valence-corrected chi connectivity index (χ2v) is 10.1. The molecule has 4 aromatic carbocycles. The highest BCUT2D eigenvalue weighted by molar-refractivity contribution is 6.23. The third-order valence-electron chi connectivity index (χ3n) is 8.24. The topological polar surface area (TPSA) is 104 Å². The molecule has 4 aliphatic rings. The molecule has 0 saturated carbocycles. The van der Waals surface area contributed by atoms with Crippen molar-refractivity contribution in [3.8, 4) is 0 Å². The van der Waals surface area contributed by atoms with Crippen LogP contribution in [0.3, 0.4) is 0 Å². The van der Waals surface area contributed by atoms with Crippen LogP contribution >= 0.6 is 0 Å². The standard InChI is InChI=1S/C32H22N2O5/c35-29(33-24-12-6-5-11-23(24)32(38)39)17-13-15-18(16-14-17)34-30(36)27-25-19-7-1-2-8-20(19)26(28(27)31(34)37)22-10-4-3-9-21(22)25/h1-16,25-28H,(H,33,35)(H,38,39)/t25?,26?,27-,28-/m0/s1. The number of hydrogen-bond donors (Lipinski definition) is 2. The van der Waals surface area contributed by atoms with E-state index in [4.69, 9.17) is 0 Å². The number of carbonyl (C=O) groups is 4. The van der Waals surface area contributed by atoms with Gasteiger partial charge in [-0.3, -0.25) is 14.4 Å². The second-order valence-electron chi connectivity index (χ2n) is 10.1. The largest absolute Gasteiger partial charge is 0.478 e. The molecular weight excluding hydrogens is 492 g/mol. The fraction of sp³-hybridized carbons (Fsp3) is 0.125. The van der Waals surface area contributed by atoms with Crippen molar-refractivity contribution in [3.05, 3.63) is 130 Å². The molecular formula is C32H22N2O5. The summed E-state index contributed by atoms with van der Waals surface area (Å²) in [6.07, 6.45) is 0. The highest BCUT2D eigenvalue weighted by atomic mass is 16.4. The van der Waals surface area contributed by atoms with E-state index in [0.717, 1.165) is 22.3 Å². The van der Waals surface area contributed by atoms with Gasteiger partial charge in [-0.25, -0.2) is 9.69 Å². The summed E-state index contributed by atoms with van der Waals surface area (Å²) >= 11 is 0. The molecule has 0 unspecified atom stereocenters. The second kappa shape index (κ2) is 8.49. The fourth-order valence-electron chi connectivity index (χ4n) is 6.67. The molecule has 7 nitrogen and oxygen atoms in total. The van der Waals surface area contributed by atoms with E-state index in [1.165, 1.54) is 29.2 Å². The minimum atomic E-state index is -1.15. The smallest absolute Gasteiger partial charge is 0.337 e. The summed E-state index contributed by atoms with van der Waals surface area (Å²) in [6, 6.07) is 28.6. The van der Waals surface area contributed by atoms with Gasteiger partial charge >= 0.3 is 5.97 Å². The summed E-state index contributed by atoms with van der Waals surface area (Å²) in [6.45, 7) is 0. The quantitative estimate of drug-likeness (QED) is 0.372. The normalized spacial score (nSPS) is 22.2. The maximum atomic E-state index is 13.9. The van der Waals surface area contributed by atoms with Crippen LogP contribution in [0.5, 0.6) is 0 Å². The number of benzene rings is 4. The fourth-order valence-corrected chi connectivity index (χ4v) is 6.67. The molecule has 0 radical (unpaired) electrons. The third kappa shape index (κ3) is 3.29. The molecule has 190 valence electrons. The summed E-state index contributed by atoms with van der Waals surface area (Å²) in [7, 11) is 0. The van der Waals surface area contributed by atoms with Crippen LogP contribution in [0.1, 0.15) is 54.8 Å². The monoisotopic (exact) mass is 514 g/mol. The van der Waals surface area contributed by atoms with Gasteiger partial charge in [-0.15, -0.1) is 0 Å². The van der Waals surface area contributed by atoms with Gasteiger partial charge in [0.25, 0.3) is 5.91 Å². The number of nitrogens with zero attached hydrogens (tertiary/aromatic N) is 1. The molecule has 3 amide bonds. The Morgan fingerprint density at radius 2 is 1.10 bits per heavy atom. The van der Waals surface area contributed by atoms with E-state index in [1.807, 2.05) is 24.3 Å². The molecule has 2 N–H and O–H groups in total. The summed E-state index contributed by atoms with van der Waals surface area (Å²) in [4.78, 5) is 53.4. The lowest BCUT2D eigenvalue weighted by atomic mass is 9.55. The van der Waals surface area contributed by atoms with Crippen molar-refractivity contribution in [2.75, 3.05) is 10.2 Å². The van der Waals surface area contributed by atoms with Crippen molar-refractivity contribution in [2.24, 2.45) is 11.8 Å². The first-order valence-corrected chi connectivity index (χ1v) is 12.7. The Hall–Kier alpha value is -5.04. The van der Waals surface area contributed by atoms with Gasteiger partial charge in [-0.05, 0) is 58.7 Å². The number of carboxylic acid groups (broad SMARTS) is 1. The molecule has 3 aliphatic carbocycles. The van der Waals surface area contributed by atoms with Crippen LogP contribution in [0.25, 0.3) is 0 Å². The number of rotatable bonds is 4. The van der Waals surface area contributed by atoms with Crippen LogP contribution in [0.15, 0.2) is 97.1 Å². The number of carbonyl (C=O) groups excluding carboxylic acids is 3. The maximum absolute atomic E-state index is 13.9. The third-order valence-corrected chi connectivity index (χ3v) is 8.24. The van der Waals surface area contributed by atoms with Crippen LogP contribution < -0.4 is 10.2 Å². The average molecular weight is 515 g/mol. The van der Waals surface area contributed by atoms with E-state index < -0.39 is 23.7 Å². The first-order chi connectivity index (χ1) is 19.0. The minimum absolute atomic E-state index is 0.0186. The van der Waals surface area contributed by atoms with Gasteiger partial charge in [0.05, 0.1) is 28.8 Å². The van der Waals surface area contributed by atoms with Crippen LogP contribution in [0.2, 0.25) is 0 Å². The van der Waals surface area contributed by atoms with Crippen molar-refractivity contribution < 1.29 is 24.3 Å². The SMILES string of the molecule is O=C(Nc1ccccc1C(=O)O)c1ccc(N2C(=O)[C@H]3C4c5ccccc5C(c5ccccc54)[C@@H]3C2=O)cc1. The first kappa shape index (κ1) is 23.1. The van der Waals surface area contributed by atoms with Crippen LogP contribution in [-0.2, 0) is 9.59 Å². The van der Waals surface area contributed by atoms with E-state index in [2.05, 4.69) is 29.6 Å². The molecule has 4 aromatic rings. The number of nitrogens with one attached hydrogen (secondary N) is 1. The zero-order valence-electron chi connectivity index (χ0n) is 20.6. The van der Waals surface area contributed by atoms with E-state index in [1.54, 1.807) is 24.3 Å². The Bertz CT molecular complexity index is 1590. The van der Waals surface area contributed by atoms with E-state index in [-0.39, 0.29) is 40.5 Å². The Morgan fingerprint density at radius 3 is 1.59 bits per heavy atom. The molecule has 0 aromatic heterocycles. The Balaban J connectivity index is 1.21. The van der Waals surface area contributed by atoms with Crippen molar-refractivity contribution >= 4 is 35.1 Å². The zero-order valence-corrected chi connectivity index (χ0v) is 20.6. The highest BCUT2D eigenvalue weighted by Gasteiger charge is 2.61. The molecule has 2 bridgehead atoms. The van der Waals surface area contributed by atoms with Crippen LogP contribution in [-0.4, -0.2) is 28.8 Å². The molecule has 0 spiro atoms. The van der Waals surface area contributed by atoms with Gasteiger partial charge in [0.1, 0.15) is 0 Å². The number of carboxylic acids is 1. The Labute approximate surface area is 223 Å². The van der Waals surface area contributed by atoms with Gasteiger partial charge < -0.3 is 10.4 Å². The van der Waals surface area contributed by atoms with E-state index in [0.29, 0.717) is 5.69 Å². The van der Waals surface area contributed by atoms with Gasteiger partial charge in [-0.1, -0.05) is 60.7 Å². The summed E-state index contributed by atoms with van der Waals surface area (Å²) < 4.78 is 0. The Kier molecular flexibility index (Phi) is 5.03. The number of hydrogen-bond acceptors (Lipinski definition) is 4. The summed E-state index contributed by atoms with van der Waals surface area (Å²) in [5, 5.41) is 12.0. The lowest BCUT2D eigenvalue weighted by molar-refractivity contribution is -0.122. The molecule has 1 saturated heterocycles. The van der Waals surface area contributed by atoms with Gasteiger partial charge in [0.15, 0.2) is 0 Å². The molecule has 7 heteroatoms. The predicted octanol–water partition coefficient (Wildman–Crippen LogP) is 5.03. The molecule has 2 atom stereocenters. The van der Waals surface area contributed by atoms with E-state index in [9.17, 15) is 24.3 Å². The molecule has 1 aliphatic heterocycles. The number of imide groups is 1. The molecule has 8 rings (SSSR count). The first-order valence-electron chi connectivity index (χ1n) is 12.7. The summed E-state index contributed by atoms with van der Waals surface area (Å²) in [5.74, 6) is -3.43. The van der Waals surface area contributed by atoms with Gasteiger partial charge in [0, 0.05) is 17.4 Å². The predicted molar refractivity (Wildman–Crippen MR) is 144 cm³/mol. The zero-order chi connectivity index (χ0) is 26.8. The van der Waals surface area contributed by atoms with E-state index >= 15 is 0 Å². The van der Waals surface area contributed by atoms with Crippen LogP contribution in [0, 0.1) is 11.8 Å². The number of amides is 3. The minimum Gasteiger partial charge on any atom is -0.478 e. The maximum Gasteiger partial charge on any atom is 0.337 e. The van der Waals surface area contributed by atoms with Crippen LogP contribution in [0.4, 0.5) is 11.4 Å². The van der Waals surface area contributed by atoms with Gasteiger partial charge in [-0.2, -0.15) is 0 Å². The van der Waals surface area contributed by atoms with Gasteiger partial charge in [0.2, 0.25) is 11.8 Å². The van der Waals surface area contributed by atoms with Crippen molar-refractivity contribution in [3.63, 3.8) is 0 Å². The van der Waals surface area contributed by atoms with Crippen molar-refractivity contribution in [1.82, 2.24) is 0 Å². The average Bonchev–Trinajstić information content (AvgIpc) is 3.23. The lowest BCUT2D eigenvalue weighted by Crippen LogP contribution is -2.41. The number of anilines is 2. The highest BCUT2D eigenvalue weighted by Crippen LogP contribution is 2.61. The summed E-state index contributed by atoms with van der Waals surface area (Å²) in [5.41, 5.74) is 5.29. The Morgan fingerprint density at radius 1 is 0.641 bits per heavy atom. The van der Waals surface area contributed by atoms with Crippen molar-refractivity contribution in [1.29, 1.82) is 0 Å². The number of aromatic carboxylic acids is 1.